The number of furan rings is 1. The van der Waals surface area contributed by atoms with E-state index in [-0.39, 0.29) is 24.5 Å². The van der Waals surface area contributed by atoms with E-state index in [9.17, 15) is 9.59 Å². The van der Waals surface area contributed by atoms with Crippen LogP contribution < -0.4 is 10.2 Å². The third-order valence-electron chi connectivity index (χ3n) is 5.34. The summed E-state index contributed by atoms with van der Waals surface area (Å²) in [4.78, 5) is 28.0. The van der Waals surface area contributed by atoms with Crippen LogP contribution in [0.25, 0.3) is 11.0 Å². The van der Waals surface area contributed by atoms with E-state index in [1.165, 1.54) is 0 Å². The quantitative estimate of drug-likeness (QED) is 0.685. The van der Waals surface area contributed by atoms with E-state index in [2.05, 4.69) is 5.32 Å². The molecule has 30 heavy (non-hydrogen) atoms. The number of anilines is 1. The van der Waals surface area contributed by atoms with Crippen LogP contribution in [0.5, 0.6) is 0 Å². The maximum absolute atomic E-state index is 13.6. The zero-order chi connectivity index (χ0) is 21.3. The molecule has 1 N–H and O–H groups in total. The molecular formula is C24H26N2O4. The minimum absolute atomic E-state index is 0.0434. The van der Waals surface area contributed by atoms with Gasteiger partial charge in [0.25, 0.3) is 11.8 Å². The van der Waals surface area contributed by atoms with Gasteiger partial charge in [0.1, 0.15) is 5.58 Å². The molecule has 4 rings (SSSR count). The van der Waals surface area contributed by atoms with E-state index < -0.39 is 0 Å². The molecule has 2 heterocycles. The van der Waals surface area contributed by atoms with Crippen molar-refractivity contribution in [1.29, 1.82) is 0 Å². The van der Waals surface area contributed by atoms with Crippen LogP contribution in [0.1, 0.15) is 52.3 Å². The van der Waals surface area contributed by atoms with Crippen molar-refractivity contribution in [2.75, 3.05) is 18.6 Å². The summed E-state index contributed by atoms with van der Waals surface area (Å²) < 4.78 is 11.3. The van der Waals surface area contributed by atoms with Gasteiger partial charge in [0.15, 0.2) is 5.76 Å². The second-order valence-electron chi connectivity index (χ2n) is 7.83. The van der Waals surface area contributed by atoms with Crippen LogP contribution in [0, 0.1) is 0 Å². The number of nitrogens with one attached hydrogen (secondary N) is 1. The Bertz CT molecular complexity index is 1100. The Morgan fingerprint density at radius 3 is 2.73 bits per heavy atom. The second kappa shape index (κ2) is 8.32. The van der Waals surface area contributed by atoms with Crippen molar-refractivity contribution in [3.05, 3.63) is 64.9 Å². The smallest absolute Gasteiger partial charge is 0.294 e. The molecule has 0 saturated carbocycles. The Hall–Kier alpha value is -3.12. The first kappa shape index (κ1) is 20.2. The number of nitrogens with zero attached hydrogens (tertiary/aromatic N) is 1. The molecular weight excluding hydrogens is 380 g/mol. The number of hydrogen-bond acceptors (Lipinski definition) is 4. The first-order chi connectivity index (χ1) is 14.5. The topological polar surface area (TPSA) is 71.8 Å². The molecule has 0 saturated heterocycles. The number of ether oxygens (including phenoxy) is 1. The van der Waals surface area contributed by atoms with Gasteiger partial charge in [0.2, 0.25) is 0 Å². The molecule has 0 fully saturated rings. The maximum atomic E-state index is 13.6. The van der Waals surface area contributed by atoms with Gasteiger partial charge in [0, 0.05) is 41.9 Å². The van der Waals surface area contributed by atoms with E-state index in [1.54, 1.807) is 12.0 Å². The summed E-state index contributed by atoms with van der Waals surface area (Å²) in [5.74, 6) is -0.0245. The molecule has 6 heteroatoms. The van der Waals surface area contributed by atoms with E-state index in [0.29, 0.717) is 23.5 Å². The van der Waals surface area contributed by atoms with Gasteiger partial charge in [-0.25, -0.2) is 0 Å². The SMILES string of the molecule is COCc1c(C(=O)N2CCCc3c(C(=O)NC(C)C)cccc32)oc2ccccc12. The second-order valence-corrected chi connectivity index (χ2v) is 7.83. The first-order valence-electron chi connectivity index (χ1n) is 10.2. The summed E-state index contributed by atoms with van der Waals surface area (Å²) >= 11 is 0. The molecule has 0 spiro atoms. The Labute approximate surface area is 175 Å². The van der Waals surface area contributed by atoms with Gasteiger partial charge < -0.3 is 19.4 Å². The Morgan fingerprint density at radius 1 is 1.17 bits per heavy atom. The Kier molecular flexibility index (Phi) is 5.59. The number of carbonyl (C=O) groups is 2. The predicted molar refractivity (Wildman–Crippen MR) is 116 cm³/mol. The molecule has 0 aliphatic carbocycles. The monoisotopic (exact) mass is 406 g/mol. The maximum Gasteiger partial charge on any atom is 0.294 e. The van der Waals surface area contributed by atoms with Crippen molar-refractivity contribution >= 4 is 28.5 Å². The van der Waals surface area contributed by atoms with Gasteiger partial charge in [-0.2, -0.15) is 0 Å². The number of methoxy groups -OCH3 is 1. The summed E-state index contributed by atoms with van der Waals surface area (Å²) in [6.45, 7) is 4.73. The fraction of sp³-hybridized carbons (Fsp3) is 0.333. The minimum atomic E-state index is -0.208. The van der Waals surface area contributed by atoms with Crippen LogP contribution in [-0.2, 0) is 17.8 Å². The lowest BCUT2D eigenvalue weighted by molar-refractivity contribution is 0.0934. The van der Waals surface area contributed by atoms with E-state index in [4.69, 9.17) is 9.15 Å². The molecule has 2 amide bonds. The standard InChI is InChI=1S/C24H26N2O4/c1-15(2)25-23(27)18-9-6-11-20-16(18)10-7-13-26(20)24(28)22-19(14-29-3)17-8-4-5-12-21(17)30-22/h4-6,8-9,11-12,15H,7,10,13-14H2,1-3H3,(H,25,27). The van der Waals surface area contributed by atoms with E-state index in [1.807, 2.05) is 56.3 Å². The average molecular weight is 406 g/mol. The lowest BCUT2D eigenvalue weighted by atomic mass is 9.95. The van der Waals surface area contributed by atoms with Gasteiger partial charge >= 0.3 is 0 Å². The van der Waals surface area contributed by atoms with Crippen molar-refractivity contribution < 1.29 is 18.7 Å². The molecule has 1 aliphatic heterocycles. The number of benzene rings is 2. The van der Waals surface area contributed by atoms with Crippen molar-refractivity contribution in [2.24, 2.45) is 0 Å². The van der Waals surface area contributed by atoms with Gasteiger partial charge in [-0.3, -0.25) is 9.59 Å². The zero-order valence-electron chi connectivity index (χ0n) is 17.5. The minimum Gasteiger partial charge on any atom is -0.450 e. The summed E-state index contributed by atoms with van der Waals surface area (Å²) in [5.41, 5.74) is 3.71. The normalized spacial score (nSPS) is 13.5. The highest BCUT2D eigenvalue weighted by Crippen LogP contribution is 2.34. The van der Waals surface area contributed by atoms with E-state index >= 15 is 0 Å². The summed E-state index contributed by atoms with van der Waals surface area (Å²) in [6, 6.07) is 13.2. The van der Waals surface area contributed by atoms with Crippen LogP contribution in [0.2, 0.25) is 0 Å². The fourth-order valence-electron chi connectivity index (χ4n) is 4.07. The number of amides is 2. The molecule has 1 aliphatic rings. The van der Waals surface area contributed by atoms with Crippen LogP contribution in [0.3, 0.4) is 0 Å². The molecule has 0 radical (unpaired) electrons. The van der Waals surface area contributed by atoms with Crippen molar-refractivity contribution in [2.45, 2.75) is 39.3 Å². The Balaban J connectivity index is 1.76. The van der Waals surface area contributed by atoms with Gasteiger partial charge in [-0.1, -0.05) is 24.3 Å². The number of rotatable bonds is 5. The van der Waals surface area contributed by atoms with Crippen molar-refractivity contribution in [1.82, 2.24) is 5.32 Å². The number of hydrogen-bond donors (Lipinski definition) is 1. The van der Waals surface area contributed by atoms with Crippen molar-refractivity contribution in [3.8, 4) is 0 Å². The number of para-hydroxylation sites is 1. The molecule has 1 aromatic heterocycles. The zero-order valence-corrected chi connectivity index (χ0v) is 17.5. The van der Waals surface area contributed by atoms with Crippen LogP contribution in [-0.4, -0.2) is 31.5 Å². The number of fused-ring (bicyclic) bond motifs is 2. The summed E-state index contributed by atoms with van der Waals surface area (Å²) in [6.07, 6.45) is 1.54. The molecule has 6 nitrogen and oxygen atoms in total. The van der Waals surface area contributed by atoms with Gasteiger partial charge in [-0.15, -0.1) is 0 Å². The highest BCUT2D eigenvalue weighted by molar-refractivity contribution is 6.09. The lowest BCUT2D eigenvalue weighted by Gasteiger charge is -2.30. The molecule has 0 atom stereocenters. The lowest BCUT2D eigenvalue weighted by Crippen LogP contribution is -2.37. The molecule has 156 valence electrons. The Morgan fingerprint density at radius 2 is 1.97 bits per heavy atom. The highest BCUT2D eigenvalue weighted by atomic mass is 16.5. The van der Waals surface area contributed by atoms with Gasteiger partial charge in [0.05, 0.1) is 6.61 Å². The largest absolute Gasteiger partial charge is 0.450 e. The third-order valence-corrected chi connectivity index (χ3v) is 5.34. The van der Waals surface area contributed by atoms with Gasteiger partial charge in [-0.05, 0) is 50.5 Å². The molecule has 0 bridgehead atoms. The molecule has 3 aromatic rings. The fourth-order valence-corrected chi connectivity index (χ4v) is 4.07. The molecule has 2 aromatic carbocycles. The first-order valence-corrected chi connectivity index (χ1v) is 10.2. The van der Waals surface area contributed by atoms with Crippen LogP contribution >= 0.6 is 0 Å². The molecule has 0 unspecified atom stereocenters. The van der Waals surface area contributed by atoms with Crippen LogP contribution in [0.15, 0.2) is 46.9 Å². The summed E-state index contributed by atoms with van der Waals surface area (Å²) in [7, 11) is 1.60. The van der Waals surface area contributed by atoms with Crippen molar-refractivity contribution in [3.63, 3.8) is 0 Å². The average Bonchev–Trinajstić information content (AvgIpc) is 3.11. The summed E-state index contributed by atoms with van der Waals surface area (Å²) in [5, 5.41) is 3.83. The highest BCUT2D eigenvalue weighted by Gasteiger charge is 2.31. The van der Waals surface area contributed by atoms with E-state index in [0.717, 1.165) is 35.0 Å². The number of carbonyl (C=O) groups excluding carboxylic acids is 2. The van der Waals surface area contributed by atoms with Crippen LogP contribution in [0.4, 0.5) is 5.69 Å². The predicted octanol–water partition coefficient (Wildman–Crippen LogP) is 4.31. The third kappa shape index (κ3) is 3.59.